The first kappa shape index (κ1) is 34.1. The Morgan fingerprint density at radius 3 is 2.21 bits per heavy atom. The van der Waals surface area contributed by atoms with E-state index in [1.807, 2.05) is 54.6 Å². The van der Waals surface area contributed by atoms with Crippen LogP contribution < -0.4 is 14.4 Å². The first-order valence-corrected chi connectivity index (χ1v) is 17.7. The molecule has 4 aromatic rings. The molecule has 0 heterocycles. The van der Waals surface area contributed by atoms with Crippen molar-refractivity contribution in [2.75, 3.05) is 18.0 Å². The van der Waals surface area contributed by atoms with Crippen LogP contribution in [0.1, 0.15) is 36.8 Å². The predicted molar refractivity (Wildman–Crippen MR) is 183 cm³/mol. The highest BCUT2D eigenvalue weighted by Crippen LogP contribution is 2.27. The Hall–Kier alpha value is -4.22. The lowest BCUT2D eigenvalue weighted by atomic mass is 10.0. The Labute approximate surface area is 283 Å². The first-order valence-electron chi connectivity index (χ1n) is 15.4. The Bertz CT molecular complexity index is 1770. The van der Waals surface area contributed by atoms with Crippen LogP contribution in [0.25, 0.3) is 0 Å². The zero-order valence-electron chi connectivity index (χ0n) is 26.0. The number of hydrogen-bond donors (Lipinski definition) is 1. The van der Waals surface area contributed by atoms with Crippen molar-refractivity contribution in [2.24, 2.45) is 0 Å². The standard InChI is InChI=1S/C36H37BrFN3O5S/c1-46-32-18-20-33(21-19-32)47(44,45)41(31-16-14-29(38)15-17-31)25-35(42)40(24-27-10-7-11-28(37)22-27)34(23-26-8-3-2-4-9-26)36(43)39-30-12-5-6-13-30/h2-4,7-11,14-22,30,34H,5-6,12-13,23-25H2,1H3,(H,39,43)/t34-/m1/s1. The fourth-order valence-electron chi connectivity index (χ4n) is 5.76. The van der Waals surface area contributed by atoms with E-state index in [2.05, 4.69) is 21.2 Å². The molecule has 0 aliphatic heterocycles. The highest BCUT2D eigenvalue weighted by molar-refractivity contribution is 9.10. The normalized spacial score (nSPS) is 13.9. The van der Waals surface area contributed by atoms with Crippen LogP contribution in [0.3, 0.4) is 0 Å². The average molecular weight is 723 g/mol. The Kier molecular flexibility index (Phi) is 11.3. The number of hydrogen-bond acceptors (Lipinski definition) is 5. The van der Waals surface area contributed by atoms with Crippen molar-refractivity contribution in [2.45, 2.75) is 55.6 Å². The van der Waals surface area contributed by atoms with E-state index >= 15 is 0 Å². The Balaban J connectivity index is 1.56. The van der Waals surface area contributed by atoms with Gasteiger partial charge in [0.1, 0.15) is 24.2 Å². The fourth-order valence-corrected chi connectivity index (χ4v) is 7.63. The molecule has 0 unspecified atom stereocenters. The van der Waals surface area contributed by atoms with Crippen molar-refractivity contribution in [3.05, 3.63) is 125 Å². The van der Waals surface area contributed by atoms with Gasteiger partial charge in [-0.3, -0.25) is 13.9 Å². The summed E-state index contributed by atoms with van der Waals surface area (Å²) in [7, 11) is -2.85. The number of nitrogens with one attached hydrogen (secondary N) is 1. The molecule has 246 valence electrons. The number of sulfonamides is 1. The van der Waals surface area contributed by atoms with E-state index in [9.17, 15) is 22.4 Å². The van der Waals surface area contributed by atoms with Crippen molar-refractivity contribution in [3.8, 4) is 5.75 Å². The summed E-state index contributed by atoms with van der Waals surface area (Å²) in [5.74, 6) is -0.973. The SMILES string of the molecule is COc1ccc(S(=O)(=O)N(CC(=O)N(Cc2cccc(Br)c2)[C@H](Cc2ccccc2)C(=O)NC2CCCC2)c2ccc(F)cc2)cc1. The van der Waals surface area contributed by atoms with Gasteiger partial charge in [-0.2, -0.15) is 0 Å². The minimum atomic E-state index is -4.32. The molecule has 1 aliphatic rings. The molecule has 8 nitrogen and oxygen atoms in total. The van der Waals surface area contributed by atoms with Crippen LogP contribution in [0.5, 0.6) is 5.75 Å². The number of halogens is 2. The van der Waals surface area contributed by atoms with Gasteiger partial charge in [0, 0.05) is 23.5 Å². The van der Waals surface area contributed by atoms with Gasteiger partial charge in [-0.05, 0) is 84.6 Å². The summed E-state index contributed by atoms with van der Waals surface area (Å²) in [4.78, 5) is 30.0. The number of ether oxygens (including phenoxy) is 1. The van der Waals surface area contributed by atoms with E-state index in [-0.39, 0.29) is 35.5 Å². The second-order valence-electron chi connectivity index (χ2n) is 11.5. The number of rotatable bonds is 13. The fraction of sp³-hybridized carbons (Fsp3) is 0.278. The number of methoxy groups -OCH3 is 1. The zero-order valence-corrected chi connectivity index (χ0v) is 28.4. The van der Waals surface area contributed by atoms with Gasteiger partial charge < -0.3 is 15.0 Å². The minimum Gasteiger partial charge on any atom is -0.497 e. The van der Waals surface area contributed by atoms with Crippen molar-refractivity contribution in [3.63, 3.8) is 0 Å². The minimum absolute atomic E-state index is 0.00904. The monoisotopic (exact) mass is 721 g/mol. The first-order chi connectivity index (χ1) is 22.6. The molecule has 1 aliphatic carbocycles. The maximum atomic E-state index is 14.6. The van der Waals surface area contributed by atoms with Gasteiger partial charge in [0.25, 0.3) is 10.0 Å². The number of carbonyl (C=O) groups excluding carboxylic acids is 2. The molecule has 0 bridgehead atoms. The van der Waals surface area contributed by atoms with Crippen LogP contribution in [-0.4, -0.2) is 50.9 Å². The van der Waals surface area contributed by atoms with Crippen LogP contribution in [0.15, 0.2) is 112 Å². The van der Waals surface area contributed by atoms with Crippen molar-refractivity contribution in [1.82, 2.24) is 10.2 Å². The Morgan fingerprint density at radius 2 is 1.57 bits per heavy atom. The van der Waals surface area contributed by atoms with Gasteiger partial charge in [-0.25, -0.2) is 12.8 Å². The molecule has 1 saturated carbocycles. The highest BCUT2D eigenvalue weighted by Gasteiger charge is 2.35. The summed E-state index contributed by atoms with van der Waals surface area (Å²) in [6.45, 7) is -0.580. The second-order valence-corrected chi connectivity index (χ2v) is 14.3. The maximum Gasteiger partial charge on any atom is 0.264 e. The summed E-state index contributed by atoms with van der Waals surface area (Å²) >= 11 is 3.50. The third kappa shape index (κ3) is 8.78. The molecule has 1 fully saturated rings. The molecule has 0 aromatic heterocycles. The predicted octanol–water partition coefficient (Wildman–Crippen LogP) is 6.49. The molecular weight excluding hydrogens is 685 g/mol. The lowest BCUT2D eigenvalue weighted by Crippen LogP contribution is -2.54. The molecule has 2 amide bonds. The zero-order chi connectivity index (χ0) is 33.4. The number of anilines is 1. The van der Waals surface area contributed by atoms with Crippen LogP contribution >= 0.6 is 15.9 Å². The summed E-state index contributed by atoms with van der Waals surface area (Å²) < 4.78 is 49.2. The van der Waals surface area contributed by atoms with Crippen LogP contribution in [0.4, 0.5) is 10.1 Å². The molecule has 1 N–H and O–H groups in total. The van der Waals surface area contributed by atoms with E-state index in [0.29, 0.717) is 5.75 Å². The third-order valence-electron chi connectivity index (χ3n) is 8.26. The molecule has 47 heavy (non-hydrogen) atoms. The molecule has 0 spiro atoms. The van der Waals surface area contributed by atoms with Crippen LogP contribution in [0.2, 0.25) is 0 Å². The smallest absolute Gasteiger partial charge is 0.264 e. The number of benzene rings is 4. The van der Waals surface area contributed by atoms with Gasteiger partial charge >= 0.3 is 0 Å². The molecule has 4 aromatic carbocycles. The lowest BCUT2D eigenvalue weighted by Gasteiger charge is -2.34. The Morgan fingerprint density at radius 1 is 0.915 bits per heavy atom. The van der Waals surface area contributed by atoms with E-state index in [4.69, 9.17) is 4.74 Å². The maximum absolute atomic E-state index is 14.6. The van der Waals surface area contributed by atoms with Gasteiger partial charge in [0.2, 0.25) is 11.8 Å². The van der Waals surface area contributed by atoms with Gasteiger partial charge in [0.05, 0.1) is 17.7 Å². The molecule has 1 atom stereocenters. The summed E-state index contributed by atoms with van der Waals surface area (Å²) in [5.41, 5.74) is 1.71. The van der Waals surface area contributed by atoms with E-state index in [1.165, 1.54) is 48.4 Å². The van der Waals surface area contributed by atoms with Crippen LogP contribution in [-0.2, 0) is 32.6 Å². The van der Waals surface area contributed by atoms with Crippen molar-refractivity contribution < 1.29 is 27.1 Å². The van der Waals surface area contributed by atoms with Crippen LogP contribution in [0, 0.1) is 5.82 Å². The topological polar surface area (TPSA) is 96.0 Å². The van der Waals surface area contributed by atoms with E-state index in [1.54, 1.807) is 0 Å². The second kappa shape index (κ2) is 15.6. The summed E-state index contributed by atoms with van der Waals surface area (Å²) in [5, 5.41) is 3.16. The average Bonchev–Trinajstić information content (AvgIpc) is 3.59. The lowest BCUT2D eigenvalue weighted by molar-refractivity contribution is -0.140. The number of nitrogens with zero attached hydrogens (tertiary/aromatic N) is 2. The van der Waals surface area contributed by atoms with E-state index < -0.39 is 34.3 Å². The summed E-state index contributed by atoms with van der Waals surface area (Å²) in [6.07, 6.45) is 3.99. The highest BCUT2D eigenvalue weighted by atomic mass is 79.9. The number of carbonyl (C=O) groups is 2. The largest absolute Gasteiger partial charge is 0.497 e. The number of amides is 2. The van der Waals surface area contributed by atoms with Crippen molar-refractivity contribution >= 4 is 43.5 Å². The molecule has 5 rings (SSSR count). The van der Waals surface area contributed by atoms with Crippen molar-refractivity contribution in [1.29, 1.82) is 0 Å². The quantitative estimate of drug-likeness (QED) is 0.170. The third-order valence-corrected chi connectivity index (χ3v) is 10.5. The van der Waals surface area contributed by atoms with Gasteiger partial charge in [-0.15, -0.1) is 0 Å². The van der Waals surface area contributed by atoms with E-state index in [0.717, 1.165) is 57.7 Å². The van der Waals surface area contributed by atoms with Gasteiger partial charge in [0.15, 0.2) is 0 Å². The molecule has 0 radical (unpaired) electrons. The van der Waals surface area contributed by atoms with Gasteiger partial charge in [-0.1, -0.05) is 71.2 Å². The molecular formula is C36H37BrFN3O5S. The summed E-state index contributed by atoms with van der Waals surface area (Å²) in [6, 6.07) is 26.6. The molecule has 0 saturated heterocycles. The molecule has 11 heteroatoms.